The fourth-order valence-electron chi connectivity index (χ4n) is 2.86. The maximum atomic E-state index is 13.5. The number of isocyanates is 1. The van der Waals surface area contributed by atoms with Gasteiger partial charge in [0.1, 0.15) is 0 Å². The average molecular weight is 340 g/mol. The second kappa shape index (κ2) is 5.79. The second-order valence-electron chi connectivity index (χ2n) is 5.29. The van der Waals surface area contributed by atoms with Crippen LogP contribution in [0.5, 0.6) is 0 Å². The van der Waals surface area contributed by atoms with Crippen LogP contribution in [0.4, 0.5) is 27.6 Å². The molecule has 2 aromatic rings. The van der Waals surface area contributed by atoms with Gasteiger partial charge in [0.15, 0.2) is 17.3 Å². The minimum Gasteiger partial charge on any atom is -0.247 e. The molecule has 0 aliphatic heterocycles. The normalized spacial score (nSPS) is 13.5. The predicted octanol–water partition coefficient (Wildman–Crippen LogP) is 4.50. The molecule has 1 aliphatic carbocycles. The zero-order valence-electron chi connectivity index (χ0n) is 12.0. The van der Waals surface area contributed by atoms with Crippen molar-refractivity contribution < 1.29 is 26.7 Å². The summed E-state index contributed by atoms with van der Waals surface area (Å²) in [5.74, 6) is -2.50. The molecular formula is C16H9F5N2O. The molecule has 0 radical (unpaired) electrons. The Labute approximate surface area is 132 Å². The molecule has 1 aliphatic rings. The Balaban J connectivity index is 2.41. The summed E-state index contributed by atoms with van der Waals surface area (Å²) in [6.45, 7) is 0. The van der Waals surface area contributed by atoms with E-state index in [0.29, 0.717) is 37.0 Å². The van der Waals surface area contributed by atoms with Gasteiger partial charge in [-0.25, -0.2) is 18.6 Å². The van der Waals surface area contributed by atoms with Gasteiger partial charge in [-0.1, -0.05) is 6.07 Å². The fourth-order valence-corrected chi connectivity index (χ4v) is 2.86. The lowest BCUT2D eigenvalue weighted by Crippen LogP contribution is -2.13. The Morgan fingerprint density at radius 2 is 1.88 bits per heavy atom. The summed E-state index contributed by atoms with van der Waals surface area (Å²) in [6.07, 6.45) is -2.30. The Kier molecular flexibility index (Phi) is 3.93. The molecule has 0 unspecified atom stereocenters. The van der Waals surface area contributed by atoms with E-state index in [1.807, 2.05) is 0 Å². The van der Waals surface area contributed by atoms with Gasteiger partial charge in [0.05, 0.1) is 5.69 Å². The van der Waals surface area contributed by atoms with E-state index in [-0.39, 0.29) is 16.9 Å². The summed E-state index contributed by atoms with van der Waals surface area (Å²) in [5, 5.41) is 0. The van der Waals surface area contributed by atoms with Crippen LogP contribution in [0.25, 0.3) is 11.1 Å². The van der Waals surface area contributed by atoms with Gasteiger partial charge in [0.2, 0.25) is 6.08 Å². The van der Waals surface area contributed by atoms with Crippen LogP contribution < -0.4 is 0 Å². The third-order valence-corrected chi connectivity index (χ3v) is 3.83. The molecule has 0 bridgehead atoms. The number of carbonyl (C=O) groups excluding carboxylic acids is 1. The van der Waals surface area contributed by atoms with E-state index in [1.54, 1.807) is 0 Å². The van der Waals surface area contributed by atoms with Gasteiger partial charge in [-0.15, -0.1) is 0 Å². The van der Waals surface area contributed by atoms with E-state index in [4.69, 9.17) is 0 Å². The second-order valence-corrected chi connectivity index (χ2v) is 5.29. The fraction of sp³-hybridized carbons (Fsp3) is 0.250. The highest BCUT2D eigenvalue weighted by atomic mass is 19.4. The lowest BCUT2D eigenvalue weighted by atomic mass is 9.97. The molecule has 124 valence electrons. The van der Waals surface area contributed by atoms with Gasteiger partial charge in [-0.05, 0) is 37.0 Å². The molecule has 8 heteroatoms. The molecular weight excluding hydrogens is 331 g/mol. The van der Waals surface area contributed by atoms with Crippen LogP contribution >= 0.6 is 0 Å². The molecule has 1 aromatic carbocycles. The van der Waals surface area contributed by atoms with Crippen LogP contribution in [0.3, 0.4) is 0 Å². The van der Waals surface area contributed by atoms with Crippen molar-refractivity contribution in [3.05, 3.63) is 46.8 Å². The molecule has 0 spiro atoms. The van der Waals surface area contributed by atoms with Crippen molar-refractivity contribution in [3.8, 4) is 11.1 Å². The number of alkyl halides is 3. The molecule has 1 heterocycles. The number of pyridine rings is 1. The van der Waals surface area contributed by atoms with E-state index in [9.17, 15) is 26.7 Å². The monoisotopic (exact) mass is 340 g/mol. The molecule has 1 aromatic heterocycles. The number of aryl methyl sites for hydroxylation is 1. The molecule has 0 fully saturated rings. The minimum atomic E-state index is -4.84. The predicted molar refractivity (Wildman–Crippen MR) is 74.4 cm³/mol. The average Bonchev–Trinajstić information content (AvgIpc) is 2.98. The van der Waals surface area contributed by atoms with Crippen LogP contribution in [0.1, 0.15) is 23.4 Å². The van der Waals surface area contributed by atoms with Crippen LogP contribution in [-0.2, 0) is 23.8 Å². The van der Waals surface area contributed by atoms with Gasteiger partial charge >= 0.3 is 6.18 Å². The number of rotatable bonds is 2. The highest BCUT2D eigenvalue weighted by Gasteiger charge is 2.39. The van der Waals surface area contributed by atoms with Crippen LogP contribution in [0.15, 0.2) is 23.2 Å². The van der Waals surface area contributed by atoms with E-state index in [1.165, 1.54) is 6.08 Å². The number of fused-ring (bicyclic) bond motifs is 1. The minimum absolute atomic E-state index is 0.211. The standard InChI is InChI=1S/C16H9F5N2O/c17-10-5-4-8(6-11(10)18)13-14(22-7-24)9-2-1-3-12(9)23-15(13)16(19,20)21/h4-6H,1-3H2. The quantitative estimate of drug-likeness (QED) is 0.459. The zero-order chi connectivity index (χ0) is 17.5. The summed E-state index contributed by atoms with van der Waals surface area (Å²) in [7, 11) is 0. The van der Waals surface area contributed by atoms with Crippen molar-refractivity contribution in [1.82, 2.24) is 4.98 Å². The molecule has 0 atom stereocenters. The molecule has 24 heavy (non-hydrogen) atoms. The third kappa shape index (κ3) is 2.69. The van der Waals surface area contributed by atoms with Crippen molar-refractivity contribution in [2.24, 2.45) is 4.99 Å². The van der Waals surface area contributed by atoms with Crippen molar-refractivity contribution in [2.75, 3.05) is 0 Å². The van der Waals surface area contributed by atoms with Crippen molar-refractivity contribution in [1.29, 1.82) is 0 Å². The summed E-state index contributed by atoms with van der Waals surface area (Å²) in [5.41, 5.74) is -1.68. The number of aliphatic imine (C=N–C) groups is 1. The summed E-state index contributed by atoms with van der Waals surface area (Å²) in [6, 6.07) is 2.34. The van der Waals surface area contributed by atoms with Crippen molar-refractivity contribution in [3.63, 3.8) is 0 Å². The van der Waals surface area contributed by atoms with Gasteiger partial charge < -0.3 is 0 Å². The topological polar surface area (TPSA) is 42.3 Å². The van der Waals surface area contributed by atoms with E-state index in [0.717, 1.165) is 6.07 Å². The number of halogens is 5. The Bertz CT molecular complexity index is 870. The van der Waals surface area contributed by atoms with Crippen LogP contribution in [-0.4, -0.2) is 11.1 Å². The Morgan fingerprint density at radius 3 is 2.50 bits per heavy atom. The smallest absolute Gasteiger partial charge is 0.247 e. The summed E-state index contributed by atoms with van der Waals surface area (Å²) >= 11 is 0. The number of hydrogen-bond donors (Lipinski definition) is 0. The van der Waals surface area contributed by atoms with E-state index < -0.39 is 29.1 Å². The Morgan fingerprint density at radius 1 is 1.12 bits per heavy atom. The first-order valence-corrected chi connectivity index (χ1v) is 6.99. The molecule has 3 rings (SSSR count). The summed E-state index contributed by atoms with van der Waals surface area (Å²) in [4.78, 5) is 17.8. The first-order valence-electron chi connectivity index (χ1n) is 6.99. The molecule has 0 N–H and O–H groups in total. The zero-order valence-corrected chi connectivity index (χ0v) is 12.0. The Hall–Kier alpha value is -2.60. The van der Waals surface area contributed by atoms with E-state index >= 15 is 0 Å². The molecule has 0 amide bonds. The van der Waals surface area contributed by atoms with Gasteiger partial charge in [-0.3, -0.25) is 0 Å². The van der Waals surface area contributed by atoms with Gasteiger partial charge in [0, 0.05) is 16.8 Å². The largest absolute Gasteiger partial charge is 0.434 e. The third-order valence-electron chi connectivity index (χ3n) is 3.83. The number of benzene rings is 1. The number of hydrogen-bond acceptors (Lipinski definition) is 3. The molecule has 0 saturated heterocycles. The van der Waals surface area contributed by atoms with E-state index in [2.05, 4.69) is 9.98 Å². The lowest BCUT2D eigenvalue weighted by Gasteiger charge is -2.17. The van der Waals surface area contributed by atoms with Crippen molar-refractivity contribution in [2.45, 2.75) is 25.4 Å². The first-order chi connectivity index (χ1) is 11.3. The molecule has 0 saturated carbocycles. The SMILES string of the molecule is O=C=Nc1c2c(nc(C(F)(F)F)c1-c1ccc(F)c(F)c1)CCC2. The maximum absolute atomic E-state index is 13.5. The lowest BCUT2D eigenvalue weighted by molar-refractivity contribution is -0.140. The first kappa shape index (κ1) is 16.3. The van der Waals surface area contributed by atoms with Crippen molar-refractivity contribution >= 4 is 11.8 Å². The van der Waals surface area contributed by atoms with Crippen LogP contribution in [0, 0.1) is 11.6 Å². The maximum Gasteiger partial charge on any atom is 0.434 e. The number of aromatic nitrogens is 1. The number of nitrogens with zero attached hydrogens (tertiary/aromatic N) is 2. The highest BCUT2D eigenvalue weighted by Crippen LogP contribution is 2.45. The highest BCUT2D eigenvalue weighted by molar-refractivity contribution is 5.82. The van der Waals surface area contributed by atoms with Gasteiger partial charge in [-0.2, -0.15) is 18.2 Å². The molecule has 3 nitrogen and oxygen atoms in total. The van der Waals surface area contributed by atoms with Gasteiger partial charge in [0.25, 0.3) is 0 Å². The summed E-state index contributed by atoms with van der Waals surface area (Å²) < 4.78 is 66.9. The van der Waals surface area contributed by atoms with Crippen LogP contribution in [0.2, 0.25) is 0 Å².